The molecule has 5 atom stereocenters. The number of para-hydroxylation sites is 2. The van der Waals surface area contributed by atoms with E-state index in [0.29, 0.717) is 25.8 Å². The molecule has 16 nitrogen and oxygen atoms in total. The first kappa shape index (κ1) is 46.5. The predicted molar refractivity (Wildman–Crippen MR) is 239 cm³/mol. The number of nitrogens with one attached hydrogen (secondary N) is 7. The molecule has 5 rings (SSSR count). The number of rotatable bonds is 21. The number of ketones is 1. The van der Waals surface area contributed by atoms with Crippen molar-refractivity contribution in [1.29, 1.82) is 0 Å². The van der Waals surface area contributed by atoms with E-state index in [1.165, 1.54) is 13.8 Å². The average molecular weight is 849 g/mol. The average Bonchev–Trinajstić information content (AvgIpc) is 3.86. The van der Waals surface area contributed by atoms with Crippen LogP contribution >= 0.6 is 0 Å². The van der Waals surface area contributed by atoms with Gasteiger partial charge in [-0.15, -0.1) is 0 Å². The van der Waals surface area contributed by atoms with Crippen molar-refractivity contribution in [3.05, 3.63) is 108 Å². The van der Waals surface area contributed by atoms with Crippen molar-refractivity contribution in [1.82, 2.24) is 41.7 Å². The number of nitrogens with two attached hydrogens (primary N) is 2. The number of nitrogens with zero attached hydrogens (tertiary/aromatic N) is 1. The lowest BCUT2D eigenvalue weighted by atomic mass is 10.0. The van der Waals surface area contributed by atoms with E-state index in [1.54, 1.807) is 12.4 Å². The van der Waals surface area contributed by atoms with Gasteiger partial charge in [0.2, 0.25) is 17.7 Å². The number of aromatic nitrogens is 2. The van der Waals surface area contributed by atoms with Gasteiger partial charge in [-0.1, -0.05) is 80.6 Å². The summed E-state index contributed by atoms with van der Waals surface area (Å²) in [5.74, 6) is -2.83. The fraction of sp³-hybridized carbons (Fsp3) is 0.391. The highest BCUT2D eigenvalue weighted by Crippen LogP contribution is 2.21. The van der Waals surface area contributed by atoms with Gasteiger partial charge in [-0.3, -0.25) is 29.4 Å². The van der Waals surface area contributed by atoms with Gasteiger partial charge in [0.1, 0.15) is 18.1 Å². The van der Waals surface area contributed by atoms with E-state index in [2.05, 4.69) is 36.7 Å². The molecular weight excluding hydrogens is 789 g/mol. The molecule has 16 heteroatoms. The summed E-state index contributed by atoms with van der Waals surface area (Å²) in [6.45, 7) is 7.12. The van der Waals surface area contributed by atoms with E-state index >= 15 is 0 Å². The molecule has 62 heavy (non-hydrogen) atoms. The normalized spacial score (nSPS) is 13.7. The number of Topliss-reactive ketones (excluding diaryl/α,β-unsaturated/α-hetero) is 1. The lowest BCUT2D eigenvalue weighted by molar-refractivity contribution is -0.132. The third-order valence-corrected chi connectivity index (χ3v) is 10.6. The van der Waals surface area contributed by atoms with Gasteiger partial charge in [0.15, 0.2) is 5.78 Å². The summed E-state index contributed by atoms with van der Waals surface area (Å²) in [5.41, 5.74) is 18.2. The maximum absolute atomic E-state index is 14.6. The molecule has 5 aromatic rings. The molecule has 0 aliphatic heterocycles. The number of hydrogen-bond acceptors (Lipinski definition) is 8. The fourth-order valence-corrected chi connectivity index (χ4v) is 7.22. The molecule has 2 aromatic heterocycles. The summed E-state index contributed by atoms with van der Waals surface area (Å²) in [7, 11) is 0. The smallest absolute Gasteiger partial charge is 0.336 e. The summed E-state index contributed by atoms with van der Waals surface area (Å²) in [6, 6.07) is 18.2. The molecule has 11 N–H and O–H groups in total. The molecule has 0 bridgehead atoms. The maximum atomic E-state index is 14.6. The van der Waals surface area contributed by atoms with Crippen LogP contribution in [0, 0.1) is 5.92 Å². The second kappa shape index (κ2) is 22.4. The van der Waals surface area contributed by atoms with Crippen LogP contribution in [0.4, 0.5) is 4.79 Å². The Hall–Kier alpha value is -6.52. The highest BCUT2D eigenvalue weighted by Gasteiger charge is 2.33. The lowest BCUT2D eigenvalue weighted by Crippen LogP contribution is -2.62. The molecule has 3 aromatic carbocycles. The van der Waals surface area contributed by atoms with Gasteiger partial charge in [-0.25, -0.2) is 9.80 Å². The van der Waals surface area contributed by atoms with E-state index in [1.807, 2.05) is 92.7 Å². The number of aromatic amines is 2. The monoisotopic (exact) mass is 848 g/mol. The summed E-state index contributed by atoms with van der Waals surface area (Å²) >= 11 is 0. The van der Waals surface area contributed by atoms with Gasteiger partial charge in [0, 0.05) is 60.0 Å². The van der Waals surface area contributed by atoms with E-state index in [0.717, 1.165) is 43.5 Å². The van der Waals surface area contributed by atoms with Crippen LogP contribution in [0.1, 0.15) is 63.6 Å². The van der Waals surface area contributed by atoms with Crippen LogP contribution in [0.5, 0.6) is 0 Å². The third kappa shape index (κ3) is 13.0. The molecule has 0 radical (unpaired) electrons. The van der Waals surface area contributed by atoms with Crippen molar-refractivity contribution in [3.63, 3.8) is 0 Å². The predicted octanol–water partition coefficient (Wildman–Crippen LogP) is 3.26. The van der Waals surface area contributed by atoms with Crippen LogP contribution in [-0.2, 0) is 43.2 Å². The van der Waals surface area contributed by atoms with Gasteiger partial charge < -0.3 is 42.7 Å². The molecule has 0 aliphatic carbocycles. The first-order valence-electron chi connectivity index (χ1n) is 21.1. The van der Waals surface area contributed by atoms with Crippen LogP contribution in [0.2, 0.25) is 0 Å². The highest BCUT2D eigenvalue weighted by molar-refractivity contribution is 5.96. The first-order chi connectivity index (χ1) is 29.7. The minimum Gasteiger partial charge on any atom is -0.361 e. The molecule has 0 fully saturated rings. The zero-order chi connectivity index (χ0) is 44.8. The summed E-state index contributed by atoms with van der Waals surface area (Å²) in [5, 5.41) is 14.1. The second-order valence-corrected chi connectivity index (χ2v) is 16.2. The Bertz CT molecular complexity index is 2300. The third-order valence-electron chi connectivity index (χ3n) is 10.6. The Labute approximate surface area is 361 Å². The molecule has 330 valence electrons. The summed E-state index contributed by atoms with van der Waals surface area (Å²) in [6.07, 6.45) is 5.41. The number of carbonyl (C=O) groups is 6. The molecule has 0 saturated heterocycles. The van der Waals surface area contributed by atoms with Crippen LogP contribution in [-0.4, -0.2) is 93.7 Å². The number of urea groups is 1. The van der Waals surface area contributed by atoms with Crippen molar-refractivity contribution < 1.29 is 28.8 Å². The second-order valence-electron chi connectivity index (χ2n) is 16.2. The van der Waals surface area contributed by atoms with Crippen LogP contribution < -0.4 is 38.2 Å². The van der Waals surface area contributed by atoms with Gasteiger partial charge in [-0.05, 0) is 74.4 Å². The van der Waals surface area contributed by atoms with Gasteiger partial charge in [-0.2, -0.15) is 0 Å². The van der Waals surface area contributed by atoms with E-state index < -0.39 is 59.9 Å². The number of hydrogen-bond donors (Lipinski definition) is 9. The largest absolute Gasteiger partial charge is 0.361 e. The summed E-state index contributed by atoms with van der Waals surface area (Å²) in [4.78, 5) is 89.0. The SMILES string of the molecule is CC(=O)[C@H](CCCCN)NC(=O)[C@@H](Cc1ccccc1)NC(=O)[C@H](Cc1c[nH]c2ccccc12)NC(=O)N(CC(C)C)NC(=O)[C@@H](Cc1c[nH]c2ccccc12)NC(=O)[C@H](C)N. The molecule has 0 saturated carbocycles. The zero-order valence-electron chi connectivity index (χ0n) is 35.8. The molecule has 6 amide bonds. The van der Waals surface area contributed by atoms with Crippen molar-refractivity contribution in [2.45, 2.75) is 96.4 Å². The molecular formula is C46H60N10O6. The number of unbranched alkanes of at least 4 members (excludes halogenated alkanes) is 1. The van der Waals surface area contributed by atoms with Crippen LogP contribution in [0.25, 0.3) is 21.8 Å². The fourth-order valence-electron chi connectivity index (χ4n) is 7.22. The number of H-pyrrole nitrogens is 2. The number of hydrazine groups is 1. The number of benzene rings is 3. The van der Waals surface area contributed by atoms with Crippen molar-refractivity contribution in [2.24, 2.45) is 17.4 Å². The number of carbonyl (C=O) groups excluding carboxylic acids is 6. The van der Waals surface area contributed by atoms with Crippen molar-refractivity contribution in [2.75, 3.05) is 13.1 Å². The minimum absolute atomic E-state index is 0.00746. The molecule has 0 spiro atoms. The summed E-state index contributed by atoms with van der Waals surface area (Å²) < 4.78 is 0. The number of fused-ring (bicyclic) bond motifs is 2. The molecule has 0 aliphatic rings. The Morgan fingerprint density at radius 1 is 0.613 bits per heavy atom. The number of amides is 6. The maximum Gasteiger partial charge on any atom is 0.336 e. The topological polar surface area (TPSA) is 249 Å². The molecule has 2 heterocycles. The Balaban J connectivity index is 1.43. The zero-order valence-corrected chi connectivity index (χ0v) is 35.8. The van der Waals surface area contributed by atoms with Crippen molar-refractivity contribution >= 4 is 57.2 Å². The molecule has 0 unspecified atom stereocenters. The van der Waals surface area contributed by atoms with Crippen molar-refractivity contribution in [3.8, 4) is 0 Å². The minimum atomic E-state index is -1.26. The van der Waals surface area contributed by atoms with E-state index in [4.69, 9.17) is 11.5 Å². The van der Waals surface area contributed by atoms with Gasteiger partial charge >= 0.3 is 6.03 Å². The Morgan fingerprint density at radius 3 is 1.65 bits per heavy atom. The quantitative estimate of drug-likeness (QED) is 0.0391. The standard InChI is InChI=1S/C46H60N10O6/c1-28(2)27-56(55-45(61)41(52-42(58)29(3)48)24-33-26-50-38-20-11-9-17-35(33)38)46(62)54-40(23-32-25-49-37-19-10-8-16-34(32)37)44(60)53-39(22-31-14-6-5-7-15-31)43(59)51-36(30(4)57)18-12-13-21-47/h5-11,14-17,19-20,25-26,28-29,36,39-41,49-50H,12-13,18,21-24,27,47-48H2,1-4H3,(H,51,59)(H,52,58)(H,53,60)(H,54,62)(H,55,61)/t29-,36-,39+,40-,41+/m0/s1. The van der Waals surface area contributed by atoms with Gasteiger partial charge in [0.05, 0.1) is 12.1 Å². The van der Waals surface area contributed by atoms with E-state index in [-0.39, 0.29) is 37.5 Å². The lowest BCUT2D eigenvalue weighted by Gasteiger charge is -2.30. The van der Waals surface area contributed by atoms with Crippen LogP contribution in [0.15, 0.2) is 91.3 Å². The van der Waals surface area contributed by atoms with Gasteiger partial charge in [0.25, 0.3) is 5.91 Å². The first-order valence-corrected chi connectivity index (χ1v) is 21.1. The highest BCUT2D eigenvalue weighted by atomic mass is 16.2. The Morgan fingerprint density at radius 2 is 1.11 bits per heavy atom. The Kier molecular flexibility index (Phi) is 16.8. The van der Waals surface area contributed by atoms with Crippen LogP contribution in [0.3, 0.4) is 0 Å². The van der Waals surface area contributed by atoms with E-state index in [9.17, 15) is 28.8 Å².